The average Bonchev–Trinajstić information content (AvgIpc) is 3.10. The van der Waals surface area contributed by atoms with E-state index in [1.165, 1.54) is 11.3 Å². The largest absolute Gasteiger partial charge is 0.337 e. The Bertz CT molecular complexity index is 796. The van der Waals surface area contributed by atoms with E-state index < -0.39 is 0 Å². The fourth-order valence-electron chi connectivity index (χ4n) is 3.15. The first kappa shape index (κ1) is 18.5. The minimum Gasteiger partial charge on any atom is -0.337 e. The maximum absolute atomic E-state index is 12.7. The zero-order valence-corrected chi connectivity index (χ0v) is 16.2. The highest BCUT2D eigenvalue weighted by Crippen LogP contribution is 2.21. The lowest BCUT2D eigenvalue weighted by atomic mass is 10.0. The molecule has 1 aliphatic rings. The van der Waals surface area contributed by atoms with Crippen molar-refractivity contribution in [3.05, 3.63) is 46.5 Å². The summed E-state index contributed by atoms with van der Waals surface area (Å²) in [6.45, 7) is 3.89. The van der Waals surface area contributed by atoms with Crippen molar-refractivity contribution in [3.63, 3.8) is 0 Å². The quantitative estimate of drug-likeness (QED) is 0.896. The zero-order valence-electron chi connectivity index (χ0n) is 15.4. The van der Waals surface area contributed by atoms with E-state index in [0.29, 0.717) is 16.4 Å². The molecule has 2 aromatic rings. The summed E-state index contributed by atoms with van der Waals surface area (Å²) < 4.78 is 0. The van der Waals surface area contributed by atoms with E-state index in [1.807, 2.05) is 32.2 Å². The topological polar surface area (TPSA) is 65.5 Å². The van der Waals surface area contributed by atoms with E-state index in [4.69, 9.17) is 0 Å². The van der Waals surface area contributed by atoms with Crippen LogP contribution in [-0.2, 0) is 0 Å². The molecule has 1 N–H and O–H groups in total. The Labute approximate surface area is 157 Å². The Balaban J connectivity index is 1.64. The molecule has 2 amide bonds. The van der Waals surface area contributed by atoms with Crippen molar-refractivity contribution in [2.75, 3.05) is 32.5 Å². The molecule has 1 aliphatic heterocycles. The molecule has 0 spiro atoms. The van der Waals surface area contributed by atoms with Crippen molar-refractivity contribution in [3.8, 4) is 0 Å². The van der Waals surface area contributed by atoms with Crippen LogP contribution in [0, 0.1) is 6.92 Å². The van der Waals surface area contributed by atoms with Crippen molar-refractivity contribution in [2.45, 2.75) is 25.8 Å². The van der Waals surface area contributed by atoms with Crippen LogP contribution in [0.25, 0.3) is 0 Å². The maximum atomic E-state index is 12.7. The number of aromatic nitrogens is 1. The molecule has 0 aliphatic carbocycles. The van der Waals surface area contributed by atoms with Crippen LogP contribution in [-0.4, -0.2) is 59.8 Å². The highest BCUT2D eigenvalue weighted by molar-refractivity contribution is 7.14. The van der Waals surface area contributed by atoms with E-state index >= 15 is 0 Å². The van der Waals surface area contributed by atoms with Crippen molar-refractivity contribution >= 4 is 28.3 Å². The van der Waals surface area contributed by atoms with Gasteiger partial charge >= 0.3 is 0 Å². The molecule has 0 radical (unpaired) electrons. The van der Waals surface area contributed by atoms with Gasteiger partial charge < -0.3 is 9.80 Å². The molecule has 1 saturated heterocycles. The lowest BCUT2D eigenvalue weighted by Crippen LogP contribution is -2.44. The predicted molar refractivity (Wildman–Crippen MR) is 104 cm³/mol. The summed E-state index contributed by atoms with van der Waals surface area (Å²) >= 11 is 1.27. The number of hydrogen-bond donors (Lipinski definition) is 1. The van der Waals surface area contributed by atoms with Crippen molar-refractivity contribution in [2.24, 2.45) is 0 Å². The second-order valence-corrected chi connectivity index (χ2v) is 7.62. The van der Waals surface area contributed by atoms with Crippen molar-refractivity contribution in [1.82, 2.24) is 14.8 Å². The molecule has 1 fully saturated rings. The molecular formula is C19H24N4O2S. The summed E-state index contributed by atoms with van der Waals surface area (Å²) in [7, 11) is 3.94. The van der Waals surface area contributed by atoms with Crippen LogP contribution >= 0.6 is 11.3 Å². The van der Waals surface area contributed by atoms with E-state index in [2.05, 4.69) is 22.2 Å². The minimum absolute atomic E-state index is 0.0906. The van der Waals surface area contributed by atoms with E-state index in [-0.39, 0.29) is 17.9 Å². The second kappa shape index (κ2) is 7.97. The van der Waals surface area contributed by atoms with Crippen LogP contribution < -0.4 is 5.32 Å². The summed E-state index contributed by atoms with van der Waals surface area (Å²) in [5.41, 5.74) is 1.90. The fraction of sp³-hybridized carbons (Fsp3) is 0.421. The third-order valence-corrected chi connectivity index (χ3v) is 5.65. The SMILES string of the molecule is Cc1ccccc1C(=O)Nc1nc(C(=O)N(C)C2CCN(C)CC2)cs1. The number of thiazole rings is 1. The highest BCUT2D eigenvalue weighted by atomic mass is 32.1. The van der Waals surface area contributed by atoms with Crippen LogP contribution in [0.2, 0.25) is 0 Å². The van der Waals surface area contributed by atoms with E-state index in [9.17, 15) is 9.59 Å². The molecule has 1 aromatic heterocycles. The number of nitrogens with zero attached hydrogens (tertiary/aromatic N) is 3. The number of anilines is 1. The van der Waals surface area contributed by atoms with Gasteiger partial charge in [0.25, 0.3) is 11.8 Å². The molecule has 2 heterocycles. The Morgan fingerprint density at radius 2 is 1.96 bits per heavy atom. The number of benzene rings is 1. The molecular weight excluding hydrogens is 348 g/mol. The number of piperidine rings is 1. The predicted octanol–water partition coefficient (Wildman–Crippen LogP) is 2.87. The van der Waals surface area contributed by atoms with Gasteiger partial charge in [0, 0.05) is 24.0 Å². The fourth-order valence-corrected chi connectivity index (χ4v) is 3.83. The molecule has 0 unspecified atom stereocenters. The van der Waals surface area contributed by atoms with Gasteiger partial charge in [0.1, 0.15) is 5.69 Å². The normalized spacial score (nSPS) is 15.7. The highest BCUT2D eigenvalue weighted by Gasteiger charge is 2.26. The number of aryl methyl sites for hydroxylation is 1. The molecule has 0 atom stereocenters. The van der Waals surface area contributed by atoms with Crippen molar-refractivity contribution < 1.29 is 9.59 Å². The van der Waals surface area contributed by atoms with E-state index in [0.717, 1.165) is 31.5 Å². The average molecular weight is 372 g/mol. The standard InChI is InChI=1S/C19H24N4O2S/c1-13-6-4-5-7-15(13)17(24)21-19-20-16(12-26-19)18(25)23(3)14-8-10-22(2)11-9-14/h4-7,12,14H,8-11H2,1-3H3,(H,20,21,24). The smallest absolute Gasteiger partial charge is 0.273 e. The number of carbonyl (C=O) groups is 2. The van der Waals surface area contributed by atoms with Gasteiger partial charge in [0.2, 0.25) is 0 Å². The molecule has 26 heavy (non-hydrogen) atoms. The summed E-state index contributed by atoms with van der Waals surface area (Å²) in [4.78, 5) is 33.5. The molecule has 7 heteroatoms. The van der Waals surface area contributed by atoms with Crippen LogP contribution in [0.3, 0.4) is 0 Å². The van der Waals surface area contributed by atoms with Crippen molar-refractivity contribution in [1.29, 1.82) is 0 Å². The van der Waals surface area contributed by atoms with Crippen LogP contribution in [0.5, 0.6) is 0 Å². The Hall–Kier alpha value is -2.25. The van der Waals surface area contributed by atoms with Crippen LogP contribution in [0.15, 0.2) is 29.6 Å². The van der Waals surface area contributed by atoms with Crippen LogP contribution in [0.1, 0.15) is 39.3 Å². The Morgan fingerprint density at radius 1 is 1.27 bits per heavy atom. The van der Waals surface area contributed by atoms with Gasteiger partial charge in [-0.15, -0.1) is 11.3 Å². The lowest BCUT2D eigenvalue weighted by Gasteiger charge is -2.34. The third-order valence-electron chi connectivity index (χ3n) is 4.89. The number of likely N-dealkylation sites (tertiary alicyclic amines) is 1. The molecule has 3 rings (SSSR count). The van der Waals surface area contributed by atoms with Gasteiger partial charge in [-0.3, -0.25) is 14.9 Å². The number of carbonyl (C=O) groups excluding carboxylic acids is 2. The summed E-state index contributed by atoms with van der Waals surface area (Å²) in [5.74, 6) is -0.299. The van der Waals surface area contributed by atoms with Crippen LogP contribution in [0.4, 0.5) is 5.13 Å². The first-order valence-corrected chi connectivity index (χ1v) is 9.62. The number of rotatable bonds is 4. The van der Waals surface area contributed by atoms with Gasteiger partial charge in [-0.2, -0.15) is 0 Å². The van der Waals surface area contributed by atoms with Gasteiger partial charge in [0.15, 0.2) is 5.13 Å². The summed E-state index contributed by atoms with van der Waals surface area (Å²) in [6, 6.07) is 7.63. The molecule has 0 bridgehead atoms. The maximum Gasteiger partial charge on any atom is 0.273 e. The summed E-state index contributed by atoms with van der Waals surface area (Å²) in [6.07, 6.45) is 1.94. The second-order valence-electron chi connectivity index (χ2n) is 6.76. The molecule has 138 valence electrons. The Kier molecular flexibility index (Phi) is 5.68. The first-order chi connectivity index (χ1) is 12.5. The Morgan fingerprint density at radius 3 is 2.65 bits per heavy atom. The first-order valence-electron chi connectivity index (χ1n) is 8.74. The molecule has 1 aromatic carbocycles. The van der Waals surface area contributed by atoms with Gasteiger partial charge in [-0.05, 0) is 51.5 Å². The van der Waals surface area contributed by atoms with Gasteiger partial charge in [0.05, 0.1) is 0 Å². The van der Waals surface area contributed by atoms with Gasteiger partial charge in [-0.25, -0.2) is 4.98 Å². The third kappa shape index (κ3) is 4.11. The number of hydrogen-bond acceptors (Lipinski definition) is 5. The van der Waals surface area contributed by atoms with Gasteiger partial charge in [-0.1, -0.05) is 18.2 Å². The number of amides is 2. The lowest BCUT2D eigenvalue weighted by molar-refractivity contribution is 0.0654. The zero-order chi connectivity index (χ0) is 18.7. The number of nitrogens with one attached hydrogen (secondary N) is 1. The molecule has 6 nitrogen and oxygen atoms in total. The van der Waals surface area contributed by atoms with E-state index in [1.54, 1.807) is 16.3 Å². The molecule has 0 saturated carbocycles. The monoisotopic (exact) mass is 372 g/mol. The minimum atomic E-state index is -0.208. The summed E-state index contributed by atoms with van der Waals surface area (Å²) in [5, 5.41) is 4.94.